The van der Waals surface area contributed by atoms with E-state index in [0.717, 1.165) is 0 Å². The van der Waals surface area contributed by atoms with Crippen LogP contribution in [0.1, 0.15) is 13.8 Å². The van der Waals surface area contributed by atoms with Gasteiger partial charge in [-0.2, -0.15) is 4.31 Å². The molecule has 1 saturated heterocycles. The van der Waals surface area contributed by atoms with Gasteiger partial charge in [0.05, 0.1) is 4.90 Å². The van der Waals surface area contributed by atoms with Crippen molar-refractivity contribution >= 4 is 10.0 Å². The highest BCUT2D eigenvalue weighted by molar-refractivity contribution is 7.89. The lowest BCUT2D eigenvalue weighted by molar-refractivity contribution is 0.471. The molecule has 0 unspecified atom stereocenters. The highest BCUT2D eigenvalue weighted by atomic mass is 32.2. The van der Waals surface area contributed by atoms with Crippen molar-refractivity contribution in [3.05, 3.63) is 53.6 Å². The Morgan fingerprint density at radius 1 is 1.15 bits per heavy atom. The number of hydrogen-bond acceptors (Lipinski definition) is 2. The molecule has 1 fully saturated rings. The highest BCUT2D eigenvalue weighted by Crippen LogP contribution is 2.36. The van der Waals surface area contributed by atoms with Gasteiger partial charge in [-0.25, -0.2) is 8.42 Å². The smallest absolute Gasteiger partial charge is 0.207 e. The predicted molar refractivity (Wildman–Crippen MR) is 79.7 cm³/mol. The summed E-state index contributed by atoms with van der Waals surface area (Å²) in [6.45, 7) is 5.37. The third-order valence-corrected chi connectivity index (χ3v) is 6.22. The Morgan fingerprint density at radius 2 is 1.85 bits per heavy atom. The molecule has 0 spiro atoms. The molecule has 1 aliphatic heterocycles. The van der Waals surface area contributed by atoms with Gasteiger partial charge >= 0.3 is 0 Å². The summed E-state index contributed by atoms with van der Waals surface area (Å²) in [5, 5.41) is 0. The van der Waals surface area contributed by atoms with E-state index in [9.17, 15) is 8.42 Å². The summed E-state index contributed by atoms with van der Waals surface area (Å²) in [7, 11) is -3.37. The van der Waals surface area contributed by atoms with Gasteiger partial charge in [0.15, 0.2) is 0 Å². The Morgan fingerprint density at radius 3 is 2.55 bits per heavy atom. The van der Waals surface area contributed by atoms with Crippen LogP contribution in [0, 0.1) is 11.8 Å². The van der Waals surface area contributed by atoms with E-state index >= 15 is 0 Å². The largest absolute Gasteiger partial charge is 0.243 e. The first-order valence-corrected chi connectivity index (χ1v) is 8.37. The topological polar surface area (TPSA) is 37.4 Å². The lowest BCUT2D eigenvalue weighted by Gasteiger charge is -2.19. The number of benzene rings is 1. The second-order valence-electron chi connectivity index (χ2n) is 5.60. The molecule has 1 heterocycles. The summed E-state index contributed by atoms with van der Waals surface area (Å²) in [4.78, 5) is 0.383. The molecule has 20 heavy (non-hydrogen) atoms. The Balaban J connectivity index is 1.94. The molecule has 106 valence electrons. The second-order valence-corrected chi connectivity index (χ2v) is 7.54. The molecule has 0 bridgehead atoms. The maximum atomic E-state index is 12.6. The fourth-order valence-electron chi connectivity index (χ4n) is 2.96. The van der Waals surface area contributed by atoms with Crippen molar-refractivity contribution < 1.29 is 8.42 Å². The summed E-state index contributed by atoms with van der Waals surface area (Å²) >= 11 is 0. The van der Waals surface area contributed by atoms with E-state index in [4.69, 9.17) is 0 Å². The fourth-order valence-corrected chi connectivity index (χ4v) is 4.42. The van der Waals surface area contributed by atoms with Gasteiger partial charge in [0.2, 0.25) is 10.0 Å². The van der Waals surface area contributed by atoms with Crippen molar-refractivity contribution in [1.29, 1.82) is 0 Å². The van der Waals surface area contributed by atoms with E-state index in [1.807, 2.05) is 6.07 Å². The molecule has 2 aliphatic rings. The molecule has 2 atom stereocenters. The van der Waals surface area contributed by atoms with Crippen LogP contribution in [0.15, 0.2) is 58.5 Å². The Bertz CT molecular complexity index is 674. The van der Waals surface area contributed by atoms with Crippen LogP contribution in [-0.2, 0) is 10.0 Å². The van der Waals surface area contributed by atoms with Gasteiger partial charge in [0.1, 0.15) is 0 Å². The van der Waals surface area contributed by atoms with Gasteiger partial charge in [0.25, 0.3) is 0 Å². The predicted octanol–water partition coefficient (Wildman–Crippen LogP) is 2.83. The Kier molecular flexibility index (Phi) is 3.30. The first kappa shape index (κ1) is 13.6. The number of rotatable bonds is 2. The molecular formula is C16H19NO2S. The molecule has 0 N–H and O–H groups in total. The minimum atomic E-state index is -3.37. The standard InChI is InChI=1S/C16H19NO2S/c1-12-8-9-14-10-17(11-16(14)13(12)2)20(18,19)15-6-4-3-5-7-15/h3-9,12,14H,10-11H2,1-2H3/t12-,14-/m1/s1. The minimum absolute atomic E-state index is 0.254. The Hall–Kier alpha value is -1.39. The van der Waals surface area contributed by atoms with Crippen LogP contribution >= 0.6 is 0 Å². The summed E-state index contributed by atoms with van der Waals surface area (Å²) in [5.41, 5.74) is 2.60. The van der Waals surface area contributed by atoms with Gasteiger partial charge in [0, 0.05) is 19.0 Å². The quantitative estimate of drug-likeness (QED) is 0.785. The monoisotopic (exact) mass is 289 g/mol. The number of allylic oxidation sites excluding steroid dienone is 2. The molecule has 1 aliphatic carbocycles. The zero-order chi connectivity index (χ0) is 14.3. The number of fused-ring (bicyclic) bond motifs is 1. The molecule has 3 rings (SSSR count). The van der Waals surface area contributed by atoms with Crippen molar-refractivity contribution in [3.8, 4) is 0 Å². The first-order valence-electron chi connectivity index (χ1n) is 6.93. The molecule has 0 radical (unpaired) electrons. The van der Waals surface area contributed by atoms with Gasteiger partial charge < -0.3 is 0 Å². The SMILES string of the molecule is CC1=C2CN(S(=O)(=O)c3ccccc3)C[C@H]2C=C[C@H]1C. The van der Waals surface area contributed by atoms with Crippen molar-refractivity contribution in [1.82, 2.24) is 4.31 Å². The van der Waals surface area contributed by atoms with Crippen LogP contribution in [0.3, 0.4) is 0 Å². The normalized spacial score (nSPS) is 26.9. The van der Waals surface area contributed by atoms with E-state index in [-0.39, 0.29) is 5.92 Å². The highest BCUT2D eigenvalue weighted by Gasteiger charge is 2.37. The van der Waals surface area contributed by atoms with E-state index < -0.39 is 10.0 Å². The molecule has 1 aromatic rings. The van der Waals surface area contributed by atoms with Crippen LogP contribution in [0.4, 0.5) is 0 Å². The molecule has 0 saturated carbocycles. The van der Waals surface area contributed by atoms with Crippen LogP contribution in [-0.4, -0.2) is 25.8 Å². The summed E-state index contributed by atoms with van der Waals surface area (Å²) in [6.07, 6.45) is 4.34. The maximum absolute atomic E-state index is 12.6. The van der Waals surface area contributed by atoms with Crippen molar-refractivity contribution in [2.24, 2.45) is 11.8 Å². The summed E-state index contributed by atoms with van der Waals surface area (Å²) in [5.74, 6) is 0.672. The molecule has 4 heteroatoms. The zero-order valence-corrected chi connectivity index (χ0v) is 12.6. The van der Waals surface area contributed by atoms with E-state index in [1.165, 1.54) is 11.1 Å². The van der Waals surface area contributed by atoms with E-state index in [1.54, 1.807) is 28.6 Å². The zero-order valence-electron chi connectivity index (χ0n) is 11.8. The van der Waals surface area contributed by atoms with Gasteiger partial charge in [-0.1, -0.05) is 42.8 Å². The average molecular weight is 289 g/mol. The molecule has 0 amide bonds. The van der Waals surface area contributed by atoms with Crippen LogP contribution < -0.4 is 0 Å². The van der Waals surface area contributed by atoms with Crippen molar-refractivity contribution in [3.63, 3.8) is 0 Å². The minimum Gasteiger partial charge on any atom is -0.207 e. The van der Waals surface area contributed by atoms with Gasteiger partial charge in [-0.15, -0.1) is 0 Å². The van der Waals surface area contributed by atoms with Gasteiger partial charge in [-0.3, -0.25) is 0 Å². The lowest BCUT2D eigenvalue weighted by Crippen LogP contribution is -2.28. The molecule has 1 aromatic carbocycles. The maximum Gasteiger partial charge on any atom is 0.243 e. The third-order valence-electron chi connectivity index (χ3n) is 4.40. The lowest BCUT2D eigenvalue weighted by atomic mass is 9.85. The number of hydrogen-bond donors (Lipinski definition) is 0. The van der Waals surface area contributed by atoms with E-state index in [2.05, 4.69) is 26.0 Å². The fraction of sp³-hybridized carbons (Fsp3) is 0.375. The summed E-state index contributed by atoms with van der Waals surface area (Å²) in [6, 6.07) is 8.69. The third kappa shape index (κ3) is 2.13. The van der Waals surface area contributed by atoms with E-state index in [0.29, 0.717) is 23.9 Å². The molecule has 3 nitrogen and oxygen atoms in total. The molecule has 0 aromatic heterocycles. The van der Waals surface area contributed by atoms with Crippen LogP contribution in [0.25, 0.3) is 0 Å². The van der Waals surface area contributed by atoms with Crippen molar-refractivity contribution in [2.45, 2.75) is 18.7 Å². The van der Waals surface area contributed by atoms with Crippen LogP contribution in [0.2, 0.25) is 0 Å². The number of nitrogens with zero attached hydrogens (tertiary/aromatic N) is 1. The Labute approximate surface area is 120 Å². The molecular weight excluding hydrogens is 270 g/mol. The number of sulfonamides is 1. The van der Waals surface area contributed by atoms with Crippen molar-refractivity contribution in [2.75, 3.05) is 13.1 Å². The second kappa shape index (κ2) is 4.86. The van der Waals surface area contributed by atoms with Crippen LogP contribution in [0.5, 0.6) is 0 Å². The summed E-state index contributed by atoms with van der Waals surface area (Å²) < 4.78 is 26.9. The van der Waals surface area contributed by atoms with Gasteiger partial charge in [-0.05, 0) is 30.5 Å². The average Bonchev–Trinajstić information content (AvgIpc) is 2.90. The first-order chi connectivity index (χ1) is 9.50.